The lowest BCUT2D eigenvalue weighted by Crippen LogP contribution is -2.30. The largest absolute Gasteiger partial charge is 0.452 e. The highest BCUT2D eigenvalue weighted by Crippen LogP contribution is 2.16. The first-order valence-corrected chi connectivity index (χ1v) is 9.91. The number of carbonyl (C=O) groups is 2. The number of benzene rings is 1. The standard InChI is InChI=1S/C18H22N2O3S2/c1-20(2)15-6-3-5-14(11-15)18(22)23-12-17(21)19-8-10-24-13-16-7-4-9-25-16/h3-7,9,11H,8,10,12-13H2,1-2H3,(H,19,21). The Morgan fingerprint density at radius 1 is 1.24 bits per heavy atom. The van der Waals surface area contributed by atoms with Crippen LogP contribution in [0.2, 0.25) is 0 Å². The van der Waals surface area contributed by atoms with Crippen molar-refractivity contribution in [1.82, 2.24) is 5.32 Å². The molecular formula is C18H22N2O3S2. The molecule has 5 nitrogen and oxygen atoms in total. The van der Waals surface area contributed by atoms with Gasteiger partial charge < -0.3 is 15.0 Å². The number of anilines is 1. The van der Waals surface area contributed by atoms with Crippen molar-refractivity contribution in [2.45, 2.75) is 5.75 Å². The van der Waals surface area contributed by atoms with E-state index >= 15 is 0 Å². The Balaban J connectivity index is 1.64. The molecule has 0 aliphatic carbocycles. The Kier molecular flexibility index (Phi) is 7.81. The molecule has 0 radical (unpaired) electrons. The fraction of sp³-hybridized carbons (Fsp3) is 0.333. The topological polar surface area (TPSA) is 58.6 Å². The number of thioether (sulfide) groups is 1. The fourth-order valence-electron chi connectivity index (χ4n) is 2.01. The quantitative estimate of drug-likeness (QED) is 0.537. The monoisotopic (exact) mass is 378 g/mol. The first-order valence-electron chi connectivity index (χ1n) is 7.87. The number of amides is 1. The summed E-state index contributed by atoms with van der Waals surface area (Å²) in [5.41, 5.74) is 1.34. The average molecular weight is 379 g/mol. The molecule has 0 spiro atoms. The van der Waals surface area contributed by atoms with E-state index in [0.717, 1.165) is 17.2 Å². The summed E-state index contributed by atoms with van der Waals surface area (Å²) in [4.78, 5) is 27.0. The van der Waals surface area contributed by atoms with Crippen LogP contribution in [0.3, 0.4) is 0 Å². The molecule has 25 heavy (non-hydrogen) atoms. The smallest absolute Gasteiger partial charge is 0.338 e. The number of thiophene rings is 1. The molecule has 0 saturated heterocycles. The normalized spacial score (nSPS) is 10.3. The minimum absolute atomic E-state index is 0.263. The lowest BCUT2D eigenvalue weighted by atomic mass is 10.2. The molecule has 0 unspecified atom stereocenters. The molecule has 1 amide bonds. The van der Waals surface area contributed by atoms with Crippen molar-refractivity contribution < 1.29 is 14.3 Å². The molecule has 2 rings (SSSR count). The highest BCUT2D eigenvalue weighted by molar-refractivity contribution is 7.98. The molecule has 1 aromatic carbocycles. The highest BCUT2D eigenvalue weighted by atomic mass is 32.2. The van der Waals surface area contributed by atoms with E-state index in [1.165, 1.54) is 4.88 Å². The van der Waals surface area contributed by atoms with Crippen molar-refractivity contribution in [1.29, 1.82) is 0 Å². The molecule has 0 aliphatic rings. The second-order valence-corrected chi connectivity index (χ2v) is 7.64. The second kappa shape index (κ2) is 10.1. The van der Waals surface area contributed by atoms with Crippen molar-refractivity contribution in [3.63, 3.8) is 0 Å². The predicted octanol–water partition coefficient (Wildman–Crippen LogP) is 3.02. The van der Waals surface area contributed by atoms with Crippen molar-refractivity contribution >= 4 is 40.7 Å². The summed E-state index contributed by atoms with van der Waals surface area (Å²) in [6.45, 7) is 0.295. The van der Waals surface area contributed by atoms with Gasteiger partial charge in [0.25, 0.3) is 5.91 Å². The third-order valence-electron chi connectivity index (χ3n) is 3.33. The predicted molar refractivity (Wildman–Crippen MR) is 105 cm³/mol. The summed E-state index contributed by atoms with van der Waals surface area (Å²) in [6, 6.07) is 11.2. The Morgan fingerprint density at radius 2 is 2.08 bits per heavy atom. The van der Waals surface area contributed by atoms with Gasteiger partial charge in [0.15, 0.2) is 6.61 Å². The van der Waals surface area contributed by atoms with Crippen LogP contribution in [0.5, 0.6) is 0 Å². The highest BCUT2D eigenvalue weighted by Gasteiger charge is 2.11. The maximum atomic E-state index is 12.0. The van der Waals surface area contributed by atoms with E-state index in [1.807, 2.05) is 31.1 Å². The zero-order valence-electron chi connectivity index (χ0n) is 14.4. The van der Waals surface area contributed by atoms with E-state index in [-0.39, 0.29) is 12.5 Å². The van der Waals surface area contributed by atoms with Gasteiger partial charge in [-0.3, -0.25) is 4.79 Å². The number of hydrogen-bond donors (Lipinski definition) is 1. The Morgan fingerprint density at radius 3 is 2.80 bits per heavy atom. The fourth-order valence-corrected chi connectivity index (χ4v) is 3.71. The molecule has 0 aliphatic heterocycles. The maximum Gasteiger partial charge on any atom is 0.338 e. The SMILES string of the molecule is CN(C)c1cccc(C(=O)OCC(=O)NCCSCc2cccs2)c1. The molecule has 7 heteroatoms. The number of esters is 1. The molecule has 2 aromatic rings. The Bertz CT molecular complexity index is 687. The first kappa shape index (κ1) is 19.3. The van der Waals surface area contributed by atoms with Crippen LogP contribution in [0.25, 0.3) is 0 Å². The van der Waals surface area contributed by atoms with Gasteiger partial charge in [0.1, 0.15) is 0 Å². The summed E-state index contributed by atoms with van der Waals surface area (Å²) in [5.74, 6) is 0.993. The van der Waals surface area contributed by atoms with Gasteiger partial charge in [0.05, 0.1) is 5.56 Å². The summed E-state index contributed by atoms with van der Waals surface area (Å²) >= 11 is 3.49. The van der Waals surface area contributed by atoms with Crippen molar-refractivity contribution in [2.24, 2.45) is 0 Å². The van der Waals surface area contributed by atoms with Gasteiger partial charge in [-0.05, 0) is 29.6 Å². The van der Waals surface area contributed by atoms with Crippen LogP contribution < -0.4 is 10.2 Å². The number of nitrogens with one attached hydrogen (secondary N) is 1. The van der Waals surface area contributed by atoms with E-state index < -0.39 is 5.97 Å². The van der Waals surface area contributed by atoms with Crippen molar-refractivity contribution in [2.75, 3.05) is 37.9 Å². The number of ether oxygens (including phenoxy) is 1. The number of nitrogens with zero attached hydrogens (tertiary/aromatic N) is 1. The zero-order valence-corrected chi connectivity index (χ0v) is 16.0. The molecular weight excluding hydrogens is 356 g/mol. The lowest BCUT2D eigenvalue weighted by molar-refractivity contribution is -0.124. The molecule has 1 N–H and O–H groups in total. The first-order chi connectivity index (χ1) is 12.1. The Labute approximate surface area is 156 Å². The number of rotatable bonds is 9. The summed E-state index contributed by atoms with van der Waals surface area (Å²) < 4.78 is 5.07. The van der Waals surface area contributed by atoms with Gasteiger partial charge in [-0.25, -0.2) is 4.79 Å². The van der Waals surface area contributed by atoms with Crippen LogP contribution in [0.15, 0.2) is 41.8 Å². The van der Waals surface area contributed by atoms with E-state index in [9.17, 15) is 9.59 Å². The van der Waals surface area contributed by atoms with Gasteiger partial charge in [0, 0.05) is 42.7 Å². The van der Waals surface area contributed by atoms with Crippen LogP contribution in [0.1, 0.15) is 15.2 Å². The van der Waals surface area contributed by atoms with Crippen LogP contribution in [-0.4, -0.2) is 44.9 Å². The van der Waals surface area contributed by atoms with Crippen molar-refractivity contribution in [3.05, 3.63) is 52.2 Å². The molecule has 1 heterocycles. The third-order valence-corrected chi connectivity index (χ3v) is 5.39. The van der Waals surface area contributed by atoms with Crippen LogP contribution in [0, 0.1) is 0 Å². The van der Waals surface area contributed by atoms with E-state index in [2.05, 4.69) is 16.8 Å². The van der Waals surface area contributed by atoms with E-state index in [1.54, 1.807) is 41.3 Å². The molecule has 0 saturated carbocycles. The maximum absolute atomic E-state index is 12.0. The van der Waals surface area contributed by atoms with E-state index in [4.69, 9.17) is 4.74 Å². The van der Waals surface area contributed by atoms with Gasteiger partial charge >= 0.3 is 5.97 Å². The summed E-state index contributed by atoms with van der Waals surface area (Å²) in [6.07, 6.45) is 0. The van der Waals surface area contributed by atoms with Crippen LogP contribution in [0.4, 0.5) is 5.69 Å². The number of hydrogen-bond acceptors (Lipinski definition) is 6. The average Bonchev–Trinajstić information content (AvgIpc) is 3.13. The summed E-state index contributed by atoms with van der Waals surface area (Å²) in [7, 11) is 3.79. The minimum atomic E-state index is -0.495. The zero-order chi connectivity index (χ0) is 18.1. The van der Waals surface area contributed by atoms with E-state index in [0.29, 0.717) is 12.1 Å². The molecule has 134 valence electrons. The van der Waals surface area contributed by atoms with Gasteiger partial charge in [-0.2, -0.15) is 11.8 Å². The third kappa shape index (κ3) is 6.80. The molecule has 0 bridgehead atoms. The lowest BCUT2D eigenvalue weighted by Gasteiger charge is -2.13. The van der Waals surface area contributed by atoms with Gasteiger partial charge in [-0.1, -0.05) is 12.1 Å². The summed E-state index contributed by atoms with van der Waals surface area (Å²) in [5, 5.41) is 4.81. The Hall–Kier alpha value is -1.99. The number of carbonyl (C=O) groups excluding carboxylic acids is 2. The minimum Gasteiger partial charge on any atom is -0.452 e. The van der Waals surface area contributed by atoms with Gasteiger partial charge in [0.2, 0.25) is 0 Å². The molecule has 0 atom stereocenters. The molecule has 0 fully saturated rings. The van der Waals surface area contributed by atoms with Crippen molar-refractivity contribution in [3.8, 4) is 0 Å². The van der Waals surface area contributed by atoms with Crippen LogP contribution in [-0.2, 0) is 15.3 Å². The molecule has 1 aromatic heterocycles. The second-order valence-electron chi connectivity index (χ2n) is 5.50. The van der Waals surface area contributed by atoms with Gasteiger partial charge in [-0.15, -0.1) is 11.3 Å². The van der Waals surface area contributed by atoms with Crippen LogP contribution >= 0.6 is 23.1 Å².